The lowest BCUT2D eigenvalue weighted by molar-refractivity contribution is 0.373. The molecular formula is C16H19N5OS. The first-order valence-corrected chi connectivity index (χ1v) is 8.40. The zero-order valence-corrected chi connectivity index (χ0v) is 14.4. The number of nitrogens with one attached hydrogen (secondary N) is 1. The van der Waals surface area contributed by atoms with Gasteiger partial charge in [0.2, 0.25) is 11.0 Å². The number of H-pyrrole nitrogens is 1. The predicted octanol–water partition coefficient (Wildman–Crippen LogP) is 4.14. The Bertz CT molecular complexity index is 778. The number of aromatic amines is 1. The van der Waals surface area contributed by atoms with Crippen molar-refractivity contribution in [2.24, 2.45) is 0 Å². The van der Waals surface area contributed by atoms with Gasteiger partial charge in [-0.05, 0) is 13.8 Å². The number of aryl methyl sites for hydroxylation is 1. The number of hydrogen-bond acceptors (Lipinski definition) is 6. The van der Waals surface area contributed by atoms with Crippen molar-refractivity contribution in [3.8, 4) is 11.4 Å². The highest BCUT2D eigenvalue weighted by molar-refractivity contribution is 7.99. The largest absolute Gasteiger partial charge is 0.338 e. The molecule has 0 aliphatic heterocycles. The van der Waals surface area contributed by atoms with Crippen molar-refractivity contribution in [3.63, 3.8) is 0 Å². The summed E-state index contributed by atoms with van der Waals surface area (Å²) in [5.41, 5.74) is 2.23. The summed E-state index contributed by atoms with van der Waals surface area (Å²) in [6.07, 6.45) is 0. The van der Waals surface area contributed by atoms with Gasteiger partial charge in [0.05, 0.1) is 5.25 Å². The van der Waals surface area contributed by atoms with Crippen LogP contribution in [0, 0.1) is 6.92 Å². The highest BCUT2D eigenvalue weighted by Crippen LogP contribution is 2.33. The average molecular weight is 329 g/mol. The second-order valence-electron chi connectivity index (χ2n) is 5.74. The summed E-state index contributed by atoms with van der Waals surface area (Å²) >= 11 is 1.49. The third-order valence-corrected chi connectivity index (χ3v) is 4.34. The molecule has 0 bridgehead atoms. The number of aromatic nitrogens is 5. The Morgan fingerprint density at radius 1 is 1.09 bits per heavy atom. The van der Waals surface area contributed by atoms with E-state index >= 15 is 0 Å². The maximum absolute atomic E-state index is 5.32. The molecule has 0 aliphatic rings. The van der Waals surface area contributed by atoms with E-state index in [-0.39, 0.29) is 11.2 Å². The topological polar surface area (TPSA) is 80.5 Å². The molecule has 2 aromatic heterocycles. The molecule has 0 unspecified atom stereocenters. The zero-order valence-electron chi connectivity index (χ0n) is 13.6. The molecule has 0 saturated heterocycles. The molecule has 0 saturated carbocycles. The number of hydrogen-bond donors (Lipinski definition) is 1. The molecule has 23 heavy (non-hydrogen) atoms. The van der Waals surface area contributed by atoms with Gasteiger partial charge in [-0.25, -0.2) is 4.98 Å². The van der Waals surface area contributed by atoms with Crippen LogP contribution in [0.25, 0.3) is 11.4 Å². The van der Waals surface area contributed by atoms with Crippen LogP contribution in [0.2, 0.25) is 0 Å². The molecule has 0 spiro atoms. The van der Waals surface area contributed by atoms with Gasteiger partial charge in [-0.2, -0.15) is 4.98 Å². The molecule has 120 valence electrons. The van der Waals surface area contributed by atoms with Crippen LogP contribution < -0.4 is 0 Å². The molecule has 3 aromatic rings. The molecule has 0 fully saturated rings. The summed E-state index contributed by atoms with van der Waals surface area (Å²) in [6, 6.07) is 8.17. The lowest BCUT2D eigenvalue weighted by Crippen LogP contribution is -1.93. The number of benzene rings is 1. The van der Waals surface area contributed by atoms with Crippen LogP contribution in [-0.2, 0) is 0 Å². The minimum absolute atomic E-state index is 0.00309. The van der Waals surface area contributed by atoms with Crippen molar-refractivity contribution in [3.05, 3.63) is 41.5 Å². The molecule has 7 heteroatoms. The molecule has 2 heterocycles. The minimum atomic E-state index is -0.00309. The first-order valence-electron chi connectivity index (χ1n) is 7.52. The lowest BCUT2D eigenvalue weighted by atomic mass is 10.1. The number of thioether (sulfide) groups is 1. The van der Waals surface area contributed by atoms with E-state index in [1.807, 2.05) is 32.9 Å². The molecule has 1 aromatic carbocycles. The first kappa shape index (κ1) is 15.7. The monoisotopic (exact) mass is 329 g/mol. The first-order chi connectivity index (χ1) is 11.0. The molecule has 1 atom stereocenters. The fourth-order valence-electron chi connectivity index (χ4n) is 2.00. The molecule has 0 aliphatic carbocycles. The lowest BCUT2D eigenvalue weighted by Gasteiger charge is -2.01. The second kappa shape index (κ2) is 6.54. The summed E-state index contributed by atoms with van der Waals surface area (Å²) in [6.45, 7) is 8.14. The van der Waals surface area contributed by atoms with Crippen LogP contribution in [-0.4, -0.2) is 25.3 Å². The van der Waals surface area contributed by atoms with Gasteiger partial charge in [0.25, 0.3) is 0 Å². The summed E-state index contributed by atoms with van der Waals surface area (Å²) in [4.78, 5) is 8.94. The van der Waals surface area contributed by atoms with Crippen molar-refractivity contribution in [1.29, 1.82) is 0 Å². The molecule has 1 N–H and O–H groups in total. The maximum atomic E-state index is 5.32. The molecule has 3 rings (SSSR count). The molecule has 0 amide bonds. The quantitative estimate of drug-likeness (QED) is 0.709. The van der Waals surface area contributed by atoms with E-state index < -0.39 is 0 Å². The van der Waals surface area contributed by atoms with Crippen LogP contribution in [0.4, 0.5) is 0 Å². The van der Waals surface area contributed by atoms with Gasteiger partial charge in [0, 0.05) is 11.5 Å². The predicted molar refractivity (Wildman–Crippen MR) is 89.2 cm³/mol. The van der Waals surface area contributed by atoms with Crippen molar-refractivity contribution in [2.75, 3.05) is 0 Å². The van der Waals surface area contributed by atoms with E-state index in [0.29, 0.717) is 11.0 Å². The van der Waals surface area contributed by atoms with E-state index in [1.165, 1.54) is 17.3 Å². The summed E-state index contributed by atoms with van der Waals surface area (Å²) in [7, 11) is 0. The average Bonchev–Trinajstić information content (AvgIpc) is 3.17. The smallest absolute Gasteiger partial charge is 0.239 e. The van der Waals surface area contributed by atoms with Gasteiger partial charge in [0.15, 0.2) is 11.6 Å². The fourth-order valence-corrected chi connectivity index (χ4v) is 2.75. The van der Waals surface area contributed by atoms with Gasteiger partial charge in [-0.3, -0.25) is 5.10 Å². The Hall–Kier alpha value is -2.15. The van der Waals surface area contributed by atoms with Gasteiger partial charge < -0.3 is 4.52 Å². The summed E-state index contributed by atoms with van der Waals surface area (Å²) in [5, 5.41) is 11.9. The van der Waals surface area contributed by atoms with E-state index in [2.05, 4.69) is 44.4 Å². The van der Waals surface area contributed by atoms with Crippen LogP contribution in [0.1, 0.15) is 49.2 Å². The molecule has 0 radical (unpaired) electrons. The van der Waals surface area contributed by atoms with Crippen molar-refractivity contribution < 1.29 is 4.52 Å². The molecule has 6 nitrogen and oxygen atoms in total. The Morgan fingerprint density at radius 2 is 1.83 bits per heavy atom. The van der Waals surface area contributed by atoms with Crippen LogP contribution in [0.15, 0.2) is 33.9 Å². The van der Waals surface area contributed by atoms with E-state index in [1.54, 1.807) is 0 Å². The van der Waals surface area contributed by atoms with E-state index in [4.69, 9.17) is 4.52 Å². The van der Waals surface area contributed by atoms with Crippen molar-refractivity contribution in [1.82, 2.24) is 25.3 Å². The van der Waals surface area contributed by atoms with Gasteiger partial charge >= 0.3 is 0 Å². The number of rotatable bonds is 5. The summed E-state index contributed by atoms with van der Waals surface area (Å²) < 4.78 is 5.32. The molecular weight excluding hydrogens is 310 g/mol. The highest BCUT2D eigenvalue weighted by Gasteiger charge is 2.19. The third-order valence-electron chi connectivity index (χ3n) is 3.39. The zero-order chi connectivity index (χ0) is 16.4. The third kappa shape index (κ3) is 3.61. The summed E-state index contributed by atoms with van der Waals surface area (Å²) in [5.74, 6) is 2.33. The Morgan fingerprint density at radius 3 is 2.48 bits per heavy atom. The maximum Gasteiger partial charge on any atom is 0.239 e. The standard InChI is InChI=1S/C16H19N5OS/c1-9(2)13-17-15(22-21-13)11(4)23-16-18-14(19-20-16)12-7-5-10(3)6-8-12/h5-9,11H,1-4H3,(H,18,19,20)/t11-/m1/s1. The normalized spacial score (nSPS) is 12.7. The van der Waals surface area contributed by atoms with Crippen LogP contribution >= 0.6 is 11.8 Å². The van der Waals surface area contributed by atoms with E-state index in [0.717, 1.165) is 17.2 Å². The van der Waals surface area contributed by atoms with E-state index in [9.17, 15) is 0 Å². The van der Waals surface area contributed by atoms with Crippen molar-refractivity contribution in [2.45, 2.75) is 44.0 Å². The Labute approximate surface area is 139 Å². The minimum Gasteiger partial charge on any atom is -0.338 e. The van der Waals surface area contributed by atoms with Crippen molar-refractivity contribution >= 4 is 11.8 Å². The second-order valence-corrected chi connectivity index (χ2v) is 7.05. The Kier molecular flexibility index (Phi) is 4.47. The van der Waals surface area contributed by atoms with Gasteiger partial charge in [-0.1, -0.05) is 60.6 Å². The van der Waals surface area contributed by atoms with Gasteiger partial charge in [-0.15, -0.1) is 5.10 Å². The SMILES string of the molecule is Cc1ccc(-c2nc(S[C@H](C)c3nc(C(C)C)no3)n[nH]2)cc1. The van der Waals surface area contributed by atoms with Crippen LogP contribution in [0.5, 0.6) is 0 Å². The number of nitrogens with zero attached hydrogens (tertiary/aromatic N) is 4. The van der Waals surface area contributed by atoms with Crippen LogP contribution in [0.3, 0.4) is 0 Å². The highest BCUT2D eigenvalue weighted by atomic mass is 32.2. The van der Waals surface area contributed by atoms with Gasteiger partial charge in [0.1, 0.15) is 0 Å². The fraction of sp³-hybridized carbons (Fsp3) is 0.375. The Balaban J connectivity index is 1.71.